The maximum Gasteiger partial charge on any atom is 0.339 e. The molecule has 2 aromatic heterocycles. The van der Waals surface area contributed by atoms with Crippen LogP contribution in [-0.4, -0.2) is 23.0 Å². The van der Waals surface area contributed by atoms with Gasteiger partial charge in [0.2, 0.25) is 0 Å². The SMILES string of the molecule is CCc1nc2ccc(F)cc2c(C(=O)OC)c1-c1ccccn1. The largest absolute Gasteiger partial charge is 0.465 e. The van der Waals surface area contributed by atoms with Crippen LogP contribution in [0.2, 0.25) is 0 Å². The minimum Gasteiger partial charge on any atom is -0.465 e. The van der Waals surface area contributed by atoms with E-state index in [1.807, 2.05) is 13.0 Å². The van der Waals surface area contributed by atoms with Gasteiger partial charge in [0.15, 0.2) is 0 Å². The third-order valence-electron chi connectivity index (χ3n) is 3.67. The summed E-state index contributed by atoms with van der Waals surface area (Å²) in [4.78, 5) is 21.3. The molecule has 0 N–H and O–H groups in total. The fraction of sp³-hybridized carbons (Fsp3) is 0.167. The van der Waals surface area contributed by atoms with Crippen molar-refractivity contribution in [2.24, 2.45) is 0 Å². The maximum atomic E-state index is 13.7. The first-order chi connectivity index (χ1) is 11.2. The van der Waals surface area contributed by atoms with E-state index in [9.17, 15) is 9.18 Å². The van der Waals surface area contributed by atoms with Gasteiger partial charge in [0, 0.05) is 17.1 Å². The van der Waals surface area contributed by atoms with Gasteiger partial charge in [-0.25, -0.2) is 9.18 Å². The molecule has 2 heterocycles. The Morgan fingerprint density at radius 3 is 2.74 bits per heavy atom. The van der Waals surface area contributed by atoms with Gasteiger partial charge < -0.3 is 4.74 Å². The van der Waals surface area contributed by atoms with Gasteiger partial charge in [-0.05, 0) is 36.8 Å². The second-order valence-electron chi connectivity index (χ2n) is 5.03. The van der Waals surface area contributed by atoms with E-state index in [4.69, 9.17) is 4.74 Å². The van der Waals surface area contributed by atoms with Crippen molar-refractivity contribution >= 4 is 16.9 Å². The third-order valence-corrected chi connectivity index (χ3v) is 3.67. The van der Waals surface area contributed by atoms with E-state index >= 15 is 0 Å². The van der Waals surface area contributed by atoms with E-state index in [0.717, 1.165) is 5.69 Å². The molecule has 4 nitrogen and oxygen atoms in total. The van der Waals surface area contributed by atoms with Crippen molar-refractivity contribution in [2.45, 2.75) is 13.3 Å². The zero-order chi connectivity index (χ0) is 16.4. The molecule has 0 fully saturated rings. The summed E-state index contributed by atoms with van der Waals surface area (Å²) < 4.78 is 18.6. The van der Waals surface area contributed by atoms with Crippen LogP contribution in [0.1, 0.15) is 23.0 Å². The van der Waals surface area contributed by atoms with Gasteiger partial charge in [-0.3, -0.25) is 9.97 Å². The zero-order valence-corrected chi connectivity index (χ0v) is 12.8. The summed E-state index contributed by atoms with van der Waals surface area (Å²) in [7, 11) is 1.31. The number of ether oxygens (including phenoxy) is 1. The van der Waals surface area contributed by atoms with Crippen LogP contribution in [0.15, 0.2) is 42.6 Å². The summed E-state index contributed by atoms with van der Waals surface area (Å²) in [6.07, 6.45) is 2.26. The highest BCUT2D eigenvalue weighted by Gasteiger charge is 2.22. The van der Waals surface area contributed by atoms with Crippen LogP contribution < -0.4 is 0 Å². The van der Waals surface area contributed by atoms with E-state index in [1.54, 1.807) is 24.4 Å². The Hall–Kier alpha value is -2.82. The fourth-order valence-corrected chi connectivity index (χ4v) is 2.64. The number of rotatable bonds is 3. The van der Waals surface area contributed by atoms with Gasteiger partial charge >= 0.3 is 5.97 Å². The molecule has 0 saturated carbocycles. The second-order valence-corrected chi connectivity index (χ2v) is 5.03. The van der Waals surface area contributed by atoms with E-state index < -0.39 is 11.8 Å². The van der Waals surface area contributed by atoms with Crippen LogP contribution in [0, 0.1) is 5.82 Å². The highest BCUT2D eigenvalue weighted by Crippen LogP contribution is 2.32. The molecule has 0 spiro atoms. The summed E-state index contributed by atoms with van der Waals surface area (Å²) in [6.45, 7) is 1.95. The van der Waals surface area contributed by atoms with Gasteiger partial charge in [0.1, 0.15) is 5.82 Å². The lowest BCUT2D eigenvalue weighted by Gasteiger charge is -2.15. The lowest BCUT2D eigenvalue weighted by Crippen LogP contribution is -2.09. The topological polar surface area (TPSA) is 52.1 Å². The number of carbonyl (C=O) groups excluding carboxylic acids is 1. The van der Waals surface area contributed by atoms with Gasteiger partial charge in [-0.1, -0.05) is 13.0 Å². The highest BCUT2D eigenvalue weighted by atomic mass is 19.1. The van der Waals surface area contributed by atoms with Crippen molar-refractivity contribution in [1.29, 1.82) is 0 Å². The maximum absolute atomic E-state index is 13.7. The number of pyridine rings is 2. The van der Waals surface area contributed by atoms with Crippen molar-refractivity contribution in [3.05, 3.63) is 59.7 Å². The molecule has 0 atom stereocenters. The molecule has 0 bridgehead atoms. The number of esters is 1. The number of hydrogen-bond donors (Lipinski definition) is 0. The van der Waals surface area contributed by atoms with Crippen LogP contribution in [0.3, 0.4) is 0 Å². The van der Waals surface area contributed by atoms with Crippen LogP contribution in [0.5, 0.6) is 0 Å². The number of halogens is 1. The van der Waals surface area contributed by atoms with Crippen molar-refractivity contribution in [1.82, 2.24) is 9.97 Å². The van der Waals surface area contributed by atoms with Crippen LogP contribution in [-0.2, 0) is 11.2 Å². The lowest BCUT2D eigenvalue weighted by molar-refractivity contribution is 0.0603. The quantitative estimate of drug-likeness (QED) is 0.691. The zero-order valence-electron chi connectivity index (χ0n) is 12.8. The first kappa shape index (κ1) is 15.1. The Morgan fingerprint density at radius 1 is 1.26 bits per heavy atom. The van der Waals surface area contributed by atoms with E-state index in [-0.39, 0.29) is 0 Å². The molecule has 1 aromatic carbocycles. The van der Waals surface area contributed by atoms with Crippen molar-refractivity contribution in [3.63, 3.8) is 0 Å². The second kappa shape index (κ2) is 6.12. The summed E-state index contributed by atoms with van der Waals surface area (Å²) in [5.41, 5.74) is 2.79. The van der Waals surface area contributed by atoms with E-state index in [2.05, 4.69) is 9.97 Å². The predicted octanol–water partition coefficient (Wildman–Crippen LogP) is 3.78. The molecule has 3 rings (SSSR count). The number of methoxy groups -OCH3 is 1. The summed E-state index contributed by atoms with van der Waals surface area (Å²) in [5.74, 6) is -0.959. The van der Waals surface area contributed by atoms with Gasteiger partial charge in [0.25, 0.3) is 0 Å². The predicted molar refractivity (Wildman–Crippen MR) is 85.6 cm³/mol. The molecule has 0 aliphatic heterocycles. The van der Waals surface area contributed by atoms with Gasteiger partial charge in [-0.15, -0.1) is 0 Å². The standard InChI is InChI=1S/C18H15FN2O2/c1-3-13-17(15-6-4-5-9-20-15)16(18(22)23-2)12-10-11(19)7-8-14(12)21-13/h4-10H,3H2,1-2H3. The molecule has 0 radical (unpaired) electrons. The third kappa shape index (κ3) is 2.65. The average Bonchev–Trinajstić information content (AvgIpc) is 2.60. The Balaban J connectivity index is 2.47. The lowest BCUT2D eigenvalue weighted by atomic mass is 9.96. The molecule has 0 unspecified atom stereocenters. The van der Waals surface area contributed by atoms with Crippen molar-refractivity contribution < 1.29 is 13.9 Å². The number of carbonyl (C=O) groups is 1. The van der Waals surface area contributed by atoms with Gasteiger partial charge in [-0.2, -0.15) is 0 Å². The first-order valence-electron chi connectivity index (χ1n) is 7.27. The first-order valence-corrected chi connectivity index (χ1v) is 7.27. The fourth-order valence-electron chi connectivity index (χ4n) is 2.64. The summed E-state index contributed by atoms with van der Waals surface area (Å²) >= 11 is 0. The van der Waals surface area contributed by atoms with Crippen LogP contribution in [0.4, 0.5) is 4.39 Å². The van der Waals surface area contributed by atoms with Gasteiger partial charge in [0.05, 0.1) is 29.6 Å². The number of aryl methyl sites for hydroxylation is 1. The molecular formula is C18H15FN2O2. The monoisotopic (exact) mass is 310 g/mol. The summed E-state index contributed by atoms with van der Waals surface area (Å²) in [6, 6.07) is 9.63. The molecule has 23 heavy (non-hydrogen) atoms. The molecule has 0 aliphatic rings. The van der Waals surface area contributed by atoms with Crippen LogP contribution >= 0.6 is 0 Å². The molecule has 116 valence electrons. The molecule has 3 aromatic rings. The molecule has 0 aliphatic carbocycles. The smallest absolute Gasteiger partial charge is 0.339 e. The minimum atomic E-state index is -0.529. The number of hydrogen-bond acceptors (Lipinski definition) is 4. The van der Waals surface area contributed by atoms with Crippen LogP contribution in [0.25, 0.3) is 22.2 Å². The average molecular weight is 310 g/mol. The van der Waals surface area contributed by atoms with Crippen molar-refractivity contribution in [3.8, 4) is 11.3 Å². The summed E-state index contributed by atoms with van der Waals surface area (Å²) in [5, 5.41) is 0.426. The molecule has 0 amide bonds. The minimum absolute atomic E-state index is 0.299. The Labute approximate surface area is 133 Å². The number of aromatic nitrogens is 2. The Morgan fingerprint density at radius 2 is 2.09 bits per heavy atom. The molecule has 0 saturated heterocycles. The number of fused-ring (bicyclic) bond motifs is 1. The van der Waals surface area contributed by atoms with Crippen molar-refractivity contribution in [2.75, 3.05) is 7.11 Å². The normalized spacial score (nSPS) is 10.7. The van der Waals surface area contributed by atoms with E-state index in [0.29, 0.717) is 34.1 Å². The number of nitrogens with zero attached hydrogens (tertiary/aromatic N) is 2. The molecule has 5 heteroatoms. The molecular weight excluding hydrogens is 295 g/mol. The number of benzene rings is 1. The highest BCUT2D eigenvalue weighted by molar-refractivity contribution is 6.09. The Kier molecular flexibility index (Phi) is 4.02. The van der Waals surface area contributed by atoms with E-state index in [1.165, 1.54) is 19.2 Å². The Bertz CT molecular complexity index is 879.